The van der Waals surface area contributed by atoms with Crippen LogP contribution < -0.4 is 0 Å². The Morgan fingerprint density at radius 2 is 1.33 bits per heavy atom. The van der Waals surface area contributed by atoms with Gasteiger partial charge in [0, 0.05) is 68.8 Å². The van der Waals surface area contributed by atoms with Crippen molar-refractivity contribution in [3.05, 3.63) is 168 Å². The monoisotopic (exact) mass is 1050 g/mol. The first-order chi connectivity index (χ1) is 39.3. The quantitative estimate of drug-likeness (QED) is 0.154. The second kappa shape index (κ2) is 17.4. The minimum absolute atomic E-state index is 0. The summed E-state index contributed by atoms with van der Waals surface area (Å²) in [7, 11) is 0. The van der Waals surface area contributed by atoms with Gasteiger partial charge < -0.3 is 5.11 Å². The van der Waals surface area contributed by atoms with Gasteiger partial charge in [-0.3, -0.25) is 9.55 Å². The molecule has 0 amide bonds. The molecule has 0 unspecified atom stereocenters. The molecule has 6 aromatic carbocycles. The van der Waals surface area contributed by atoms with E-state index in [1.165, 1.54) is 16.8 Å². The van der Waals surface area contributed by atoms with Crippen molar-refractivity contribution in [3.63, 3.8) is 0 Å². The van der Waals surface area contributed by atoms with Crippen molar-refractivity contribution < 1.29 is 57.7 Å². The van der Waals surface area contributed by atoms with Gasteiger partial charge in [0.2, 0.25) is 0 Å². The van der Waals surface area contributed by atoms with Crippen LogP contribution in [0.5, 0.6) is 5.75 Å². The molecular weight excluding hydrogens is 962 g/mol. The number of fused-ring (bicyclic) bond motifs is 1. The molecule has 2 heterocycles. The predicted octanol–water partition coefficient (Wildman–Crippen LogP) is 15.8. The Morgan fingerprint density at radius 1 is 0.641 bits per heavy atom. The summed E-state index contributed by atoms with van der Waals surface area (Å²) in [4.78, 5) is 9.80. The number of benzene rings is 6. The summed E-state index contributed by atoms with van der Waals surface area (Å²) in [6.45, 7) is -12.9. The molecule has 2 aromatic heterocycles. The summed E-state index contributed by atoms with van der Waals surface area (Å²) in [6.07, 6.45) is 2.09. The normalized spacial score (nSPS) is 18.8. The number of rotatable bonds is 8. The fourth-order valence-corrected chi connectivity index (χ4v) is 7.67. The van der Waals surface area contributed by atoms with E-state index in [1.807, 2.05) is 77.9 Å². The van der Waals surface area contributed by atoms with Crippen LogP contribution in [-0.4, -0.2) is 19.6 Å². The van der Waals surface area contributed by atoms with Crippen LogP contribution in [0.1, 0.15) is 143 Å². The van der Waals surface area contributed by atoms with E-state index in [4.69, 9.17) is 36.5 Å². The van der Waals surface area contributed by atoms with E-state index in [1.54, 1.807) is 48.5 Å². The van der Waals surface area contributed by atoms with Crippen molar-refractivity contribution >= 4 is 11.0 Å². The Balaban J connectivity index is 0.0000108. The van der Waals surface area contributed by atoms with Crippen LogP contribution >= 0.6 is 0 Å². The second-order valence-corrected chi connectivity index (χ2v) is 17.6. The zero-order chi connectivity index (χ0) is 64.4. The van der Waals surface area contributed by atoms with E-state index >= 15 is 0 Å². The third-order valence-electron chi connectivity index (χ3n) is 11.7. The van der Waals surface area contributed by atoms with Crippen LogP contribution in [0.25, 0.3) is 72.7 Å². The first kappa shape index (κ1) is 25.2. The molecule has 0 saturated carbocycles. The molecule has 0 radical (unpaired) electrons. The van der Waals surface area contributed by atoms with Gasteiger partial charge in [-0.25, -0.2) is 4.98 Å². The fourth-order valence-electron chi connectivity index (χ4n) is 7.67. The number of para-hydroxylation sites is 1. The van der Waals surface area contributed by atoms with Gasteiger partial charge in [-0.1, -0.05) is 185 Å². The number of phenols is 1. The van der Waals surface area contributed by atoms with Crippen molar-refractivity contribution in [3.8, 4) is 67.5 Å². The Kier molecular flexibility index (Phi) is 6.87. The summed E-state index contributed by atoms with van der Waals surface area (Å²) in [5, 5.41) is 13.1. The number of hydrogen-bond donors (Lipinski definition) is 1. The predicted molar refractivity (Wildman–Crippen MR) is 266 cm³/mol. The maximum atomic E-state index is 13.1. The molecule has 0 aliphatic heterocycles. The van der Waals surface area contributed by atoms with E-state index in [0.29, 0.717) is 45.9 Å². The van der Waals surface area contributed by atoms with Crippen LogP contribution in [0.3, 0.4) is 0 Å². The van der Waals surface area contributed by atoms with Gasteiger partial charge >= 0.3 is 0 Å². The summed E-state index contributed by atoms with van der Waals surface area (Å²) in [5.74, 6) is -1.90. The third kappa shape index (κ3) is 9.05. The number of hydrogen-bond acceptors (Lipinski definition) is 3. The van der Waals surface area contributed by atoms with Crippen molar-refractivity contribution in [2.75, 3.05) is 0 Å². The maximum Gasteiger partial charge on any atom is 0.148 e. The molecule has 4 nitrogen and oxygen atoms in total. The average molecular weight is 1050 g/mol. The number of nitrogens with zero attached hydrogens (tertiary/aromatic N) is 3. The molecule has 8 aromatic rings. The number of phenolic OH excluding ortho intramolecular Hbond substituents is 1. The Morgan fingerprint density at radius 3 is 2.02 bits per heavy atom. The Labute approximate surface area is 428 Å². The SMILES string of the molecule is [2H]c1c([2H])c([2H])c(-c2ccnc(-c3[c-]c(-c4cccc5c4nc(-c4cc(C(C([2H])([2H])[2H])(C([2H])([2H])[2H])C([2H])([2H])[2H])cc(C(C([2H])([2H])[2H])(C([2H])([2H])[2H])C([2H])([2H])[2H])c4O)n5-c4ccc(C(C)(C)CC)cc4-c4ccccc4)cc(C(C)(C)C)c3)c2)c([2H])c1[2H].[Pt]. The third-order valence-corrected chi connectivity index (χ3v) is 11.7. The topological polar surface area (TPSA) is 50.9 Å². The largest absolute Gasteiger partial charge is 0.507 e. The van der Waals surface area contributed by atoms with Gasteiger partial charge in [0.15, 0.2) is 0 Å². The molecule has 8 rings (SSSR count). The van der Waals surface area contributed by atoms with E-state index < -0.39 is 121 Å². The van der Waals surface area contributed by atoms with Crippen molar-refractivity contribution in [2.45, 2.75) is 111 Å². The first-order valence-corrected chi connectivity index (χ1v) is 20.5. The first-order valence-electron chi connectivity index (χ1n) is 32.0. The van der Waals surface area contributed by atoms with Crippen molar-refractivity contribution in [2.24, 2.45) is 0 Å². The summed E-state index contributed by atoms with van der Waals surface area (Å²) < 4.78 is 202. The van der Waals surface area contributed by atoms with Crippen molar-refractivity contribution in [1.82, 2.24) is 14.5 Å². The summed E-state index contributed by atoms with van der Waals surface area (Å²) in [6, 6.07) is 27.9. The van der Waals surface area contributed by atoms with Crippen LogP contribution in [-0.2, 0) is 42.7 Å². The summed E-state index contributed by atoms with van der Waals surface area (Å²) >= 11 is 0. The minimum Gasteiger partial charge on any atom is -0.507 e. The van der Waals surface area contributed by atoms with Crippen LogP contribution in [0, 0.1) is 6.07 Å². The molecule has 0 saturated heterocycles. The van der Waals surface area contributed by atoms with Gasteiger partial charge in [-0.2, -0.15) is 0 Å². The molecule has 0 atom stereocenters. The van der Waals surface area contributed by atoms with Crippen LogP contribution in [0.15, 0.2) is 140 Å². The average Bonchev–Trinajstić information content (AvgIpc) is 1.13. The van der Waals surface area contributed by atoms with Crippen LogP contribution in [0.4, 0.5) is 0 Å². The number of aromatic nitrogens is 3. The van der Waals surface area contributed by atoms with Crippen LogP contribution in [0.2, 0.25) is 0 Å². The molecular formula is C59H62N3OPt-. The maximum absolute atomic E-state index is 13.1. The standard InChI is InChI=1S/C59H62N3O.Pt/c1-13-59(11,12)43-27-28-51(47(35-43)39-23-18-15-19-24-39)62-52-26-20-25-46(53(52)61-55(62)48-36-45(57(5,6)7)37-49(54(48)63)58(8,9)10)41-31-42(33-44(32-41)56(2,3)4)50-34-40(29-30-60-50)38-21-16-14-17-22-38;/h14-30,32-37,63H,13H2,1-12H3;/q-1;/i5D3,6D3,7D3,8D3,9D3,10D3,14D,16D,17D,21D,22D;. The molecule has 0 aliphatic carbocycles. The molecule has 0 fully saturated rings. The fraction of sp³-hybridized carbons (Fsp3) is 0.288. The van der Waals surface area contributed by atoms with E-state index in [0.717, 1.165) is 5.56 Å². The van der Waals surface area contributed by atoms with Gasteiger partial charge in [0.25, 0.3) is 0 Å². The van der Waals surface area contributed by atoms with E-state index in [-0.39, 0.29) is 60.7 Å². The van der Waals surface area contributed by atoms with E-state index in [2.05, 4.69) is 11.1 Å². The molecule has 0 bridgehead atoms. The van der Waals surface area contributed by atoms with Gasteiger partial charge in [0.05, 0.1) is 29.1 Å². The Bertz CT molecular complexity index is 3840. The molecule has 330 valence electrons. The van der Waals surface area contributed by atoms with Crippen molar-refractivity contribution in [1.29, 1.82) is 0 Å². The number of aromatic hydroxyl groups is 1. The van der Waals surface area contributed by atoms with Gasteiger partial charge in [-0.15, -0.1) is 29.3 Å². The number of pyridine rings is 1. The molecule has 1 N–H and O–H groups in total. The zero-order valence-electron chi connectivity index (χ0n) is 59.2. The zero-order valence-corrected chi connectivity index (χ0v) is 38.5. The summed E-state index contributed by atoms with van der Waals surface area (Å²) in [5.41, 5.74) is -8.36. The smallest absolute Gasteiger partial charge is 0.148 e. The minimum atomic E-state index is -4.19. The Hall–Kier alpha value is -5.57. The molecule has 5 heteroatoms. The number of imidazole rings is 1. The molecule has 64 heavy (non-hydrogen) atoms. The van der Waals surface area contributed by atoms with Gasteiger partial charge in [-0.05, 0) is 86.2 Å². The van der Waals surface area contributed by atoms with E-state index in [9.17, 15) is 5.11 Å². The molecule has 0 spiro atoms. The second-order valence-electron chi connectivity index (χ2n) is 17.6. The molecule has 0 aliphatic rings. The van der Waals surface area contributed by atoms with Gasteiger partial charge in [0.1, 0.15) is 11.6 Å².